The third-order valence-electron chi connectivity index (χ3n) is 2.94. The lowest BCUT2D eigenvalue weighted by atomic mass is 10.2. The Bertz CT molecular complexity index is 497. The van der Waals surface area contributed by atoms with Crippen LogP contribution in [0.5, 0.6) is 0 Å². The molecule has 0 saturated carbocycles. The molecule has 0 atom stereocenters. The lowest BCUT2D eigenvalue weighted by Gasteiger charge is -2.01. The number of nitrogens with zero attached hydrogens (tertiary/aromatic N) is 4. The van der Waals surface area contributed by atoms with Gasteiger partial charge in [0.05, 0.1) is 17.6 Å². The second kappa shape index (κ2) is 5.71. The maximum absolute atomic E-state index is 4.49. The molecular formula is C13H21N5. The summed E-state index contributed by atoms with van der Waals surface area (Å²) >= 11 is 0. The summed E-state index contributed by atoms with van der Waals surface area (Å²) < 4.78 is 3.93. The van der Waals surface area contributed by atoms with E-state index in [1.807, 2.05) is 21.8 Å². The Hall–Kier alpha value is -1.78. The molecule has 2 rings (SSSR count). The normalized spacial score (nSPS) is 10.8. The fraction of sp³-hybridized carbons (Fsp3) is 0.538. The highest BCUT2D eigenvalue weighted by molar-refractivity contribution is 5.39. The number of hydrogen-bond donors (Lipinski definition) is 1. The van der Waals surface area contributed by atoms with Crippen LogP contribution in [0.1, 0.15) is 31.5 Å². The summed E-state index contributed by atoms with van der Waals surface area (Å²) in [5.41, 5.74) is 3.39. The van der Waals surface area contributed by atoms with Crippen molar-refractivity contribution in [3.8, 4) is 0 Å². The molecule has 0 amide bonds. The molecule has 0 aliphatic rings. The van der Waals surface area contributed by atoms with Crippen molar-refractivity contribution in [3.63, 3.8) is 0 Å². The molecule has 0 fully saturated rings. The van der Waals surface area contributed by atoms with E-state index in [9.17, 15) is 0 Å². The highest BCUT2D eigenvalue weighted by Crippen LogP contribution is 2.11. The van der Waals surface area contributed by atoms with E-state index in [1.165, 1.54) is 5.56 Å². The molecule has 5 nitrogen and oxygen atoms in total. The van der Waals surface area contributed by atoms with Crippen LogP contribution in [-0.2, 0) is 19.6 Å². The Morgan fingerprint density at radius 3 is 2.72 bits per heavy atom. The number of nitrogens with one attached hydrogen (secondary N) is 1. The molecule has 2 aromatic heterocycles. The van der Waals surface area contributed by atoms with Crippen molar-refractivity contribution in [1.29, 1.82) is 0 Å². The van der Waals surface area contributed by atoms with E-state index < -0.39 is 0 Å². The van der Waals surface area contributed by atoms with Gasteiger partial charge < -0.3 is 5.32 Å². The molecule has 0 aliphatic heterocycles. The lowest BCUT2D eigenvalue weighted by molar-refractivity contribution is 0.598. The summed E-state index contributed by atoms with van der Waals surface area (Å²) in [5.74, 6) is 0. The molecular weight excluding hydrogens is 226 g/mol. The quantitative estimate of drug-likeness (QED) is 0.853. The van der Waals surface area contributed by atoms with Gasteiger partial charge in [0.2, 0.25) is 0 Å². The van der Waals surface area contributed by atoms with Gasteiger partial charge in [-0.15, -0.1) is 0 Å². The predicted molar refractivity (Wildman–Crippen MR) is 72.5 cm³/mol. The second-order valence-electron chi connectivity index (χ2n) is 4.44. The van der Waals surface area contributed by atoms with Crippen molar-refractivity contribution >= 4 is 5.69 Å². The van der Waals surface area contributed by atoms with Crippen LogP contribution < -0.4 is 5.32 Å². The molecule has 0 aliphatic carbocycles. The molecule has 5 heteroatoms. The molecule has 0 saturated heterocycles. The van der Waals surface area contributed by atoms with E-state index in [1.54, 1.807) is 0 Å². The third kappa shape index (κ3) is 2.91. The smallest absolute Gasteiger partial charge is 0.0729 e. The fourth-order valence-electron chi connectivity index (χ4n) is 1.90. The molecule has 2 heterocycles. The van der Waals surface area contributed by atoms with Crippen molar-refractivity contribution in [2.45, 2.75) is 46.8 Å². The number of rotatable bonds is 6. The van der Waals surface area contributed by atoms with Gasteiger partial charge in [-0.25, -0.2) is 0 Å². The van der Waals surface area contributed by atoms with Gasteiger partial charge in [-0.05, 0) is 20.3 Å². The molecule has 18 heavy (non-hydrogen) atoms. The third-order valence-corrected chi connectivity index (χ3v) is 2.94. The summed E-state index contributed by atoms with van der Waals surface area (Å²) in [6.07, 6.45) is 7.11. The second-order valence-corrected chi connectivity index (χ2v) is 4.44. The van der Waals surface area contributed by atoms with Gasteiger partial charge in [-0.1, -0.05) is 6.92 Å². The Morgan fingerprint density at radius 2 is 2.06 bits per heavy atom. The van der Waals surface area contributed by atoms with Gasteiger partial charge in [0.1, 0.15) is 0 Å². The van der Waals surface area contributed by atoms with Crippen LogP contribution in [0.2, 0.25) is 0 Å². The van der Waals surface area contributed by atoms with Gasteiger partial charge >= 0.3 is 0 Å². The van der Waals surface area contributed by atoms with Gasteiger partial charge in [-0.2, -0.15) is 10.2 Å². The average Bonchev–Trinajstić information content (AvgIpc) is 2.94. The Labute approximate surface area is 108 Å². The van der Waals surface area contributed by atoms with Crippen LogP contribution in [0, 0.1) is 6.92 Å². The topological polar surface area (TPSA) is 47.7 Å². The zero-order valence-electron chi connectivity index (χ0n) is 11.3. The van der Waals surface area contributed by atoms with Crippen molar-refractivity contribution < 1.29 is 0 Å². The molecule has 1 N–H and O–H groups in total. The zero-order chi connectivity index (χ0) is 13.0. The van der Waals surface area contributed by atoms with E-state index in [0.717, 1.165) is 37.4 Å². The monoisotopic (exact) mass is 247 g/mol. The van der Waals surface area contributed by atoms with Crippen molar-refractivity contribution in [1.82, 2.24) is 19.6 Å². The van der Waals surface area contributed by atoms with E-state index in [0.29, 0.717) is 0 Å². The standard InChI is InChI=1S/C13H21N5/c1-4-6-18-9-12(11(3)16-18)7-14-13-8-15-17(5-2)10-13/h8-10,14H,4-7H2,1-3H3. The first kappa shape index (κ1) is 12.7. The minimum Gasteiger partial charge on any atom is -0.378 e. The van der Waals surface area contributed by atoms with Crippen molar-refractivity contribution in [2.75, 3.05) is 5.32 Å². The van der Waals surface area contributed by atoms with E-state index in [2.05, 4.69) is 42.5 Å². The molecule has 0 aromatic carbocycles. The molecule has 2 aromatic rings. The SMILES string of the molecule is CCCn1cc(CNc2cnn(CC)c2)c(C)n1. The Morgan fingerprint density at radius 1 is 1.22 bits per heavy atom. The van der Waals surface area contributed by atoms with E-state index >= 15 is 0 Å². The highest BCUT2D eigenvalue weighted by atomic mass is 15.3. The zero-order valence-corrected chi connectivity index (χ0v) is 11.3. The van der Waals surface area contributed by atoms with Crippen molar-refractivity contribution in [2.24, 2.45) is 0 Å². The fourth-order valence-corrected chi connectivity index (χ4v) is 1.90. The molecule has 98 valence electrons. The van der Waals surface area contributed by atoms with Crippen LogP contribution in [0.4, 0.5) is 5.69 Å². The number of aryl methyl sites for hydroxylation is 3. The van der Waals surface area contributed by atoms with Gasteiger partial charge in [0, 0.05) is 37.6 Å². The molecule has 0 spiro atoms. The van der Waals surface area contributed by atoms with Gasteiger partial charge in [-0.3, -0.25) is 9.36 Å². The highest BCUT2D eigenvalue weighted by Gasteiger charge is 2.05. The number of aromatic nitrogens is 4. The van der Waals surface area contributed by atoms with Crippen LogP contribution in [0.3, 0.4) is 0 Å². The minimum absolute atomic E-state index is 0.797. The summed E-state index contributed by atoms with van der Waals surface area (Å²) in [4.78, 5) is 0. The van der Waals surface area contributed by atoms with Crippen molar-refractivity contribution in [3.05, 3.63) is 29.8 Å². The lowest BCUT2D eigenvalue weighted by Crippen LogP contribution is -1.99. The summed E-state index contributed by atoms with van der Waals surface area (Å²) in [6, 6.07) is 0. The van der Waals surface area contributed by atoms with Crippen LogP contribution in [-0.4, -0.2) is 19.6 Å². The first-order chi connectivity index (χ1) is 8.72. The minimum atomic E-state index is 0.797. The largest absolute Gasteiger partial charge is 0.378 e. The Kier molecular flexibility index (Phi) is 4.02. The predicted octanol–water partition coefficient (Wildman–Crippen LogP) is 2.43. The maximum atomic E-state index is 4.49. The molecule has 0 radical (unpaired) electrons. The summed E-state index contributed by atoms with van der Waals surface area (Å²) in [6.45, 7) is 8.97. The molecule has 0 bridgehead atoms. The number of hydrogen-bond acceptors (Lipinski definition) is 3. The average molecular weight is 247 g/mol. The van der Waals surface area contributed by atoms with Gasteiger partial charge in [0.15, 0.2) is 0 Å². The number of anilines is 1. The Balaban J connectivity index is 1.96. The van der Waals surface area contributed by atoms with Gasteiger partial charge in [0.25, 0.3) is 0 Å². The van der Waals surface area contributed by atoms with E-state index in [-0.39, 0.29) is 0 Å². The maximum Gasteiger partial charge on any atom is 0.0729 e. The van der Waals surface area contributed by atoms with Crippen LogP contribution >= 0.6 is 0 Å². The first-order valence-corrected chi connectivity index (χ1v) is 6.52. The van der Waals surface area contributed by atoms with Crippen LogP contribution in [0.15, 0.2) is 18.6 Å². The summed E-state index contributed by atoms with van der Waals surface area (Å²) in [7, 11) is 0. The molecule has 0 unspecified atom stereocenters. The van der Waals surface area contributed by atoms with E-state index in [4.69, 9.17) is 0 Å². The summed E-state index contributed by atoms with van der Waals surface area (Å²) in [5, 5.41) is 12.1. The first-order valence-electron chi connectivity index (χ1n) is 6.52. The van der Waals surface area contributed by atoms with Crippen LogP contribution in [0.25, 0.3) is 0 Å².